The van der Waals surface area contributed by atoms with E-state index in [1.165, 1.54) is 17.5 Å². The maximum Gasteiger partial charge on any atom is 0.131 e. The minimum Gasteiger partial charge on any atom is -0.359 e. The fraction of sp³-hybridized carbons (Fsp3) is 0.688. The summed E-state index contributed by atoms with van der Waals surface area (Å²) in [4.78, 5) is 9.10. The van der Waals surface area contributed by atoms with Crippen LogP contribution in [0.15, 0.2) is 12.3 Å². The summed E-state index contributed by atoms with van der Waals surface area (Å²) >= 11 is 0. The summed E-state index contributed by atoms with van der Waals surface area (Å²) in [5.74, 6) is 1.10. The van der Waals surface area contributed by atoms with Crippen LogP contribution in [0.2, 0.25) is 0 Å². The lowest BCUT2D eigenvalue weighted by atomic mass is 10.2. The third-order valence-electron chi connectivity index (χ3n) is 3.32. The van der Waals surface area contributed by atoms with Crippen LogP contribution in [-0.4, -0.2) is 50.7 Å². The van der Waals surface area contributed by atoms with E-state index in [-0.39, 0.29) is 0 Å². The Kier molecular flexibility index (Phi) is 7.55. The largest absolute Gasteiger partial charge is 0.359 e. The molecular formula is C16H30N4. The van der Waals surface area contributed by atoms with Crippen LogP contribution in [0.3, 0.4) is 0 Å². The predicted octanol–water partition coefficient (Wildman–Crippen LogP) is 2.28. The summed E-state index contributed by atoms with van der Waals surface area (Å²) in [5, 5.41) is 3.41. The summed E-state index contributed by atoms with van der Waals surface area (Å²) in [6.45, 7) is 8.45. The van der Waals surface area contributed by atoms with Crippen molar-refractivity contribution in [3.05, 3.63) is 23.4 Å². The van der Waals surface area contributed by atoms with E-state index in [0.717, 1.165) is 38.4 Å². The Morgan fingerprint density at radius 1 is 1.20 bits per heavy atom. The first kappa shape index (κ1) is 16.9. The number of nitrogens with zero attached hydrogens (tertiary/aromatic N) is 3. The monoisotopic (exact) mass is 278 g/mol. The van der Waals surface area contributed by atoms with Gasteiger partial charge in [-0.25, -0.2) is 4.98 Å². The Labute approximate surface area is 124 Å². The van der Waals surface area contributed by atoms with Gasteiger partial charge in [0.1, 0.15) is 5.82 Å². The van der Waals surface area contributed by atoms with Crippen molar-refractivity contribution in [1.29, 1.82) is 0 Å². The van der Waals surface area contributed by atoms with Gasteiger partial charge in [0, 0.05) is 26.3 Å². The quantitative estimate of drug-likeness (QED) is 0.702. The molecule has 1 N–H and O–H groups in total. The average Bonchev–Trinajstić information content (AvgIpc) is 2.38. The maximum atomic E-state index is 4.63. The Bertz CT molecular complexity index is 390. The fourth-order valence-electron chi connectivity index (χ4n) is 2.26. The summed E-state index contributed by atoms with van der Waals surface area (Å²) in [6, 6.07) is 2.24. The van der Waals surface area contributed by atoms with Crippen molar-refractivity contribution in [2.45, 2.75) is 33.2 Å². The second kappa shape index (κ2) is 8.93. The molecule has 1 rings (SSSR count). The molecule has 0 aromatic carbocycles. The molecule has 1 heterocycles. The topological polar surface area (TPSA) is 31.4 Å². The normalized spacial score (nSPS) is 11.1. The number of pyridine rings is 1. The molecule has 1 aromatic rings. The molecule has 0 saturated heterocycles. The lowest BCUT2D eigenvalue weighted by molar-refractivity contribution is 0.401. The molecule has 0 spiro atoms. The zero-order valence-corrected chi connectivity index (χ0v) is 13.7. The Balaban J connectivity index is 2.53. The van der Waals surface area contributed by atoms with Crippen LogP contribution < -0.4 is 10.2 Å². The lowest BCUT2D eigenvalue weighted by Crippen LogP contribution is -2.25. The highest BCUT2D eigenvalue weighted by molar-refractivity contribution is 5.46. The minimum absolute atomic E-state index is 0.909. The van der Waals surface area contributed by atoms with Gasteiger partial charge >= 0.3 is 0 Å². The van der Waals surface area contributed by atoms with Crippen molar-refractivity contribution in [3.8, 4) is 0 Å². The number of anilines is 1. The van der Waals surface area contributed by atoms with Gasteiger partial charge in [-0.3, -0.25) is 0 Å². The van der Waals surface area contributed by atoms with Crippen LogP contribution in [0.25, 0.3) is 0 Å². The van der Waals surface area contributed by atoms with Crippen LogP contribution in [-0.2, 0) is 6.54 Å². The van der Waals surface area contributed by atoms with Gasteiger partial charge in [0.15, 0.2) is 0 Å². The van der Waals surface area contributed by atoms with Crippen LogP contribution in [0.1, 0.15) is 30.9 Å². The number of nitrogens with one attached hydrogen (secondary N) is 1. The first-order chi connectivity index (χ1) is 9.54. The van der Waals surface area contributed by atoms with Crippen molar-refractivity contribution in [2.24, 2.45) is 0 Å². The molecule has 1 aromatic heterocycles. The van der Waals surface area contributed by atoms with Crippen LogP contribution >= 0.6 is 0 Å². The van der Waals surface area contributed by atoms with Gasteiger partial charge in [0.2, 0.25) is 0 Å². The zero-order chi connectivity index (χ0) is 15.0. The van der Waals surface area contributed by atoms with E-state index in [1.807, 2.05) is 6.20 Å². The van der Waals surface area contributed by atoms with E-state index in [2.05, 4.69) is 61.2 Å². The van der Waals surface area contributed by atoms with Crippen LogP contribution in [0.4, 0.5) is 5.82 Å². The first-order valence-corrected chi connectivity index (χ1v) is 7.56. The van der Waals surface area contributed by atoms with Crippen LogP contribution in [0.5, 0.6) is 0 Å². The zero-order valence-electron chi connectivity index (χ0n) is 13.7. The Morgan fingerprint density at radius 2 is 1.95 bits per heavy atom. The first-order valence-electron chi connectivity index (χ1n) is 7.56. The Morgan fingerprint density at radius 3 is 2.55 bits per heavy atom. The summed E-state index contributed by atoms with van der Waals surface area (Å²) in [7, 11) is 6.35. The van der Waals surface area contributed by atoms with Gasteiger partial charge in [-0.05, 0) is 64.1 Å². The second-order valence-corrected chi connectivity index (χ2v) is 5.74. The van der Waals surface area contributed by atoms with Gasteiger partial charge in [-0.1, -0.05) is 6.92 Å². The number of aryl methyl sites for hydroxylation is 1. The third-order valence-corrected chi connectivity index (χ3v) is 3.32. The van der Waals surface area contributed by atoms with Gasteiger partial charge in [0.05, 0.1) is 0 Å². The number of rotatable bonds is 9. The van der Waals surface area contributed by atoms with Crippen molar-refractivity contribution >= 4 is 5.82 Å². The van der Waals surface area contributed by atoms with Gasteiger partial charge in [-0.15, -0.1) is 0 Å². The summed E-state index contributed by atoms with van der Waals surface area (Å²) in [6.07, 6.45) is 4.32. The molecule has 4 heteroatoms. The molecule has 0 bridgehead atoms. The predicted molar refractivity (Wildman–Crippen MR) is 87.4 cm³/mol. The van der Waals surface area contributed by atoms with E-state index < -0.39 is 0 Å². The molecule has 0 saturated carbocycles. The van der Waals surface area contributed by atoms with Gasteiger partial charge in [-0.2, -0.15) is 0 Å². The van der Waals surface area contributed by atoms with Crippen molar-refractivity contribution in [3.63, 3.8) is 0 Å². The van der Waals surface area contributed by atoms with Gasteiger partial charge in [0.25, 0.3) is 0 Å². The van der Waals surface area contributed by atoms with Crippen molar-refractivity contribution < 1.29 is 0 Å². The van der Waals surface area contributed by atoms with Crippen LogP contribution in [0, 0.1) is 6.92 Å². The van der Waals surface area contributed by atoms with Crippen molar-refractivity contribution in [1.82, 2.24) is 15.2 Å². The number of hydrogen-bond acceptors (Lipinski definition) is 4. The van der Waals surface area contributed by atoms with Crippen molar-refractivity contribution in [2.75, 3.05) is 45.7 Å². The molecule has 0 atom stereocenters. The fourth-order valence-corrected chi connectivity index (χ4v) is 2.26. The molecule has 0 aliphatic rings. The molecule has 0 radical (unpaired) electrons. The summed E-state index contributed by atoms with van der Waals surface area (Å²) in [5.41, 5.74) is 2.52. The SMILES string of the molecule is CCCNCc1cnc(N(C)CCCN(C)C)c(C)c1. The lowest BCUT2D eigenvalue weighted by Gasteiger charge is -2.21. The molecule has 0 unspecified atom stereocenters. The highest BCUT2D eigenvalue weighted by Crippen LogP contribution is 2.16. The molecule has 4 nitrogen and oxygen atoms in total. The molecule has 114 valence electrons. The molecule has 0 fully saturated rings. The highest BCUT2D eigenvalue weighted by Gasteiger charge is 2.07. The second-order valence-electron chi connectivity index (χ2n) is 5.74. The maximum absolute atomic E-state index is 4.63. The van der Waals surface area contributed by atoms with E-state index in [0.29, 0.717) is 0 Å². The van der Waals surface area contributed by atoms with E-state index in [1.54, 1.807) is 0 Å². The van der Waals surface area contributed by atoms with E-state index >= 15 is 0 Å². The molecule has 0 aliphatic heterocycles. The number of aromatic nitrogens is 1. The average molecular weight is 278 g/mol. The summed E-state index contributed by atoms with van der Waals surface area (Å²) < 4.78 is 0. The molecule has 0 aliphatic carbocycles. The smallest absolute Gasteiger partial charge is 0.131 e. The van der Waals surface area contributed by atoms with Gasteiger partial charge < -0.3 is 15.1 Å². The standard InChI is InChI=1S/C16H30N4/c1-6-8-17-12-15-11-14(2)16(18-13-15)20(5)10-7-9-19(3)4/h11,13,17H,6-10,12H2,1-5H3. The van der Waals surface area contributed by atoms with E-state index in [9.17, 15) is 0 Å². The highest BCUT2D eigenvalue weighted by atomic mass is 15.2. The third kappa shape index (κ3) is 5.88. The Hall–Kier alpha value is -1.13. The van der Waals surface area contributed by atoms with E-state index in [4.69, 9.17) is 0 Å². The molecular weight excluding hydrogens is 248 g/mol. The molecule has 0 amide bonds. The number of hydrogen-bond donors (Lipinski definition) is 1. The minimum atomic E-state index is 0.909. The molecule has 20 heavy (non-hydrogen) atoms.